The fourth-order valence-corrected chi connectivity index (χ4v) is 3.22. The summed E-state index contributed by atoms with van der Waals surface area (Å²) >= 11 is 0. The highest BCUT2D eigenvalue weighted by Crippen LogP contribution is 2.26. The van der Waals surface area contributed by atoms with Crippen molar-refractivity contribution in [1.29, 1.82) is 0 Å². The molecule has 0 saturated heterocycles. The van der Waals surface area contributed by atoms with Gasteiger partial charge in [0.05, 0.1) is 0 Å². The summed E-state index contributed by atoms with van der Waals surface area (Å²) in [7, 11) is 0. The maximum absolute atomic E-state index is 12.8. The van der Waals surface area contributed by atoms with Crippen molar-refractivity contribution in [1.82, 2.24) is 4.90 Å². The number of halogens is 3. The van der Waals surface area contributed by atoms with Crippen molar-refractivity contribution < 1.29 is 27.9 Å². The zero-order valence-corrected chi connectivity index (χ0v) is 14.4. The number of carboxylic acid groups (broad SMARTS) is 1. The predicted molar refractivity (Wildman–Crippen MR) is 92.3 cm³/mol. The van der Waals surface area contributed by atoms with Crippen molar-refractivity contribution in [3.8, 4) is 0 Å². The molecule has 0 fully saturated rings. The van der Waals surface area contributed by atoms with Gasteiger partial charge in [-0.1, -0.05) is 36.4 Å². The molecule has 27 heavy (non-hydrogen) atoms. The molecule has 0 spiro atoms. The summed E-state index contributed by atoms with van der Waals surface area (Å²) in [4.78, 5) is 25.8. The zero-order valence-electron chi connectivity index (χ0n) is 14.4. The SMILES string of the molecule is O=C(O)C1Cc2ccccc2CN1C(=O)c1ccc(CCC(F)(F)F)cc1. The van der Waals surface area contributed by atoms with Crippen molar-refractivity contribution in [2.45, 2.75) is 38.0 Å². The molecule has 3 rings (SSSR count). The zero-order chi connectivity index (χ0) is 19.6. The van der Waals surface area contributed by atoms with Crippen molar-refractivity contribution in [3.05, 3.63) is 70.8 Å². The number of fused-ring (bicyclic) bond motifs is 1. The Labute approximate surface area is 154 Å². The third kappa shape index (κ3) is 4.48. The number of rotatable bonds is 4. The lowest BCUT2D eigenvalue weighted by molar-refractivity contribution is -0.142. The lowest BCUT2D eigenvalue weighted by atomic mass is 9.93. The number of amides is 1. The van der Waals surface area contributed by atoms with Crippen LogP contribution in [0.2, 0.25) is 0 Å². The standard InChI is InChI=1S/C20H18F3NO3/c21-20(22,23)10-9-13-5-7-14(8-6-13)18(25)24-12-16-4-2-1-3-15(16)11-17(24)19(26)27/h1-8,17H,9-12H2,(H,26,27). The Kier molecular flexibility index (Phi) is 5.21. The normalized spacial score (nSPS) is 16.7. The van der Waals surface area contributed by atoms with Crippen LogP contribution in [0, 0.1) is 0 Å². The summed E-state index contributed by atoms with van der Waals surface area (Å²) in [6.45, 7) is 0.182. The molecule has 1 atom stereocenters. The van der Waals surface area contributed by atoms with E-state index in [9.17, 15) is 27.9 Å². The predicted octanol–water partition coefficient (Wildman–Crippen LogP) is 3.83. The molecule has 142 valence electrons. The number of aliphatic carboxylic acids is 1. The molecule has 0 aliphatic carbocycles. The Hall–Kier alpha value is -2.83. The number of carbonyl (C=O) groups is 2. The van der Waals surface area contributed by atoms with Crippen LogP contribution in [0.15, 0.2) is 48.5 Å². The first-order valence-corrected chi connectivity index (χ1v) is 8.51. The fraction of sp³-hybridized carbons (Fsp3) is 0.300. The number of hydrogen-bond donors (Lipinski definition) is 1. The third-order valence-corrected chi connectivity index (χ3v) is 4.69. The van der Waals surface area contributed by atoms with Crippen LogP contribution < -0.4 is 0 Å². The van der Waals surface area contributed by atoms with E-state index in [2.05, 4.69) is 0 Å². The van der Waals surface area contributed by atoms with E-state index in [-0.39, 0.29) is 24.9 Å². The van der Waals surface area contributed by atoms with E-state index >= 15 is 0 Å². The number of aryl methyl sites for hydroxylation is 1. The maximum atomic E-state index is 12.8. The number of benzene rings is 2. The lowest BCUT2D eigenvalue weighted by Crippen LogP contribution is -2.48. The number of alkyl halides is 3. The molecular formula is C20H18F3NO3. The Morgan fingerprint density at radius 3 is 2.26 bits per heavy atom. The number of hydrogen-bond acceptors (Lipinski definition) is 2. The first-order chi connectivity index (χ1) is 12.7. The summed E-state index contributed by atoms with van der Waals surface area (Å²) in [6.07, 6.45) is -5.09. The summed E-state index contributed by atoms with van der Waals surface area (Å²) in [5, 5.41) is 9.52. The molecule has 7 heteroatoms. The largest absolute Gasteiger partial charge is 0.480 e. The summed E-state index contributed by atoms with van der Waals surface area (Å²) in [5.41, 5.74) is 2.53. The Balaban J connectivity index is 1.78. The third-order valence-electron chi connectivity index (χ3n) is 4.69. The topological polar surface area (TPSA) is 57.6 Å². The van der Waals surface area contributed by atoms with Gasteiger partial charge in [-0.05, 0) is 35.2 Å². The quantitative estimate of drug-likeness (QED) is 0.881. The van der Waals surface area contributed by atoms with Crippen LogP contribution in [0.3, 0.4) is 0 Å². The second-order valence-electron chi connectivity index (χ2n) is 6.57. The van der Waals surface area contributed by atoms with Crippen LogP contribution in [-0.2, 0) is 24.2 Å². The first-order valence-electron chi connectivity index (χ1n) is 8.51. The molecule has 0 aromatic heterocycles. The molecule has 2 aromatic carbocycles. The average Bonchev–Trinajstić information content (AvgIpc) is 2.64. The van der Waals surface area contributed by atoms with Crippen LogP contribution in [0.5, 0.6) is 0 Å². The van der Waals surface area contributed by atoms with E-state index in [0.29, 0.717) is 5.56 Å². The van der Waals surface area contributed by atoms with Gasteiger partial charge >= 0.3 is 12.1 Å². The number of carboxylic acids is 1. The molecule has 0 bridgehead atoms. The van der Waals surface area contributed by atoms with Crippen molar-refractivity contribution in [2.75, 3.05) is 0 Å². The molecule has 1 aliphatic heterocycles. The molecule has 0 radical (unpaired) electrons. The van der Waals surface area contributed by atoms with Gasteiger partial charge in [-0.15, -0.1) is 0 Å². The molecule has 2 aromatic rings. The molecule has 1 heterocycles. The van der Waals surface area contributed by atoms with Crippen LogP contribution >= 0.6 is 0 Å². The second kappa shape index (κ2) is 7.42. The Morgan fingerprint density at radius 1 is 1.04 bits per heavy atom. The van der Waals surface area contributed by atoms with E-state index in [1.54, 1.807) is 0 Å². The molecule has 1 amide bonds. The van der Waals surface area contributed by atoms with Crippen LogP contribution in [0.4, 0.5) is 13.2 Å². The van der Waals surface area contributed by atoms with E-state index in [4.69, 9.17) is 0 Å². The molecule has 1 aliphatic rings. The van der Waals surface area contributed by atoms with Crippen molar-refractivity contribution in [2.24, 2.45) is 0 Å². The van der Waals surface area contributed by atoms with E-state index < -0.39 is 30.5 Å². The van der Waals surface area contributed by atoms with Crippen LogP contribution in [-0.4, -0.2) is 34.1 Å². The minimum atomic E-state index is -4.23. The second-order valence-corrected chi connectivity index (χ2v) is 6.57. The minimum Gasteiger partial charge on any atom is -0.480 e. The summed E-state index contributed by atoms with van der Waals surface area (Å²) < 4.78 is 36.9. The first kappa shape index (κ1) is 18.9. The highest BCUT2D eigenvalue weighted by molar-refractivity contribution is 5.97. The van der Waals surface area contributed by atoms with Gasteiger partial charge in [0.2, 0.25) is 0 Å². The van der Waals surface area contributed by atoms with Gasteiger partial charge in [-0.25, -0.2) is 4.79 Å². The van der Waals surface area contributed by atoms with Crippen LogP contribution in [0.1, 0.15) is 33.5 Å². The van der Waals surface area contributed by atoms with E-state index in [1.165, 1.54) is 29.2 Å². The van der Waals surface area contributed by atoms with Gasteiger partial charge in [0.15, 0.2) is 0 Å². The minimum absolute atomic E-state index is 0.160. The number of carbonyl (C=O) groups excluding carboxylic acids is 1. The molecule has 0 saturated carbocycles. The average molecular weight is 377 g/mol. The monoisotopic (exact) mass is 377 g/mol. The molecule has 4 nitrogen and oxygen atoms in total. The molecule has 1 N–H and O–H groups in total. The van der Waals surface area contributed by atoms with Crippen molar-refractivity contribution >= 4 is 11.9 Å². The van der Waals surface area contributed by atoms with Gasteiger partial charge in [-0.2, -0.15) is 13.2 Å². The maximum Gasteiger partial charge on any atom is 0.389 e. The van der Waals surface area contributed by atoms with Crippen molar-refractivity contribution in [3.63, 3.8) is 0 Å². The van der Waals surface area contributed by atoms with Gasteiger partial charge in [0.1, 0.15) is 6.04 Å². The summed E-state index contributed by atoms with van der Waals surface area (Å²) in [6, 6.07) is 12.3. The van der Waals surface area contributed by atoms with Gasteiger partial charge in [-0.3, -0.25) is 4.79 Å². The molecule has 1 unspecified atom stereocenters. The lowest BCUT2D eigenvalue weighted by Gasteiger charge is -2.34. The van der Waals surface area contributed by atoms with Crippen LogP contribution in [0.25, 0.3) is 0 Å². The van der Waals surface area contributed by atoms with Gasteiger partial charge in [0, 0.05) is 24.9 Å². The van der Waals surface area contributed by atoms with Gasteiger partial charge < -0.3 is 10.0 Å². The van der Waals surface area contributed by atoms with E-state index in [1.807, 2.05) is 24.3 Å². The molecular weight excluding hydrogens is 359 g/mol. The highest BCUT2D eigenvalue weighted by Gasteiger charge is 2.35. The van der Waals surface area contributed by atoms with E-state index in [0.717, 1.165) is 11.1 Å². The summed E-state index contributed by atoms with van der Waals surface area (Å²) in [5.74, 6) is -1.53. The highest BCUT2D eigenvalue weighted by atomic mass is 19.4. The Bertz CT molecular complexity index is 846. The fourth-order valence-electron chi connectivity index (χ4n) is 3.22. The Morgan fingerprint density at radius 2 is 1.67 bits per heavy atom. The smallest absolute Gasteiger partial charge is 0.389 e. The number of nitrogens with zero attached hydrogens (tertiary/aromatic N) is 1. The van der Waals surface area contributed by atoms with Gasteiger partial charge in [0.25, 0.3) is 5.91 Å².